The van der Waals surface area contributed by atoms with Crippen LogP contribution < -0.4 is 16.4 Å². The van der Waals surface area contributed by atoms with Crippen LogP contribution in [0, 0.1) is 58.2 Å². The first-order chi connectivity index (χ1) is 34.7. The summed E-state index contributed by atoms with van der Waals surface area (Å²) in [5, 5.41) is 17.5. The van der Waals surface area contributed by atoms with Gasteiger partial charge in [0.1, 0.15) is 6.61 Å². The number of Topliss-reactive ketones (excluding diaryl/α,β-unsaturated/α-hetero) is 2. The number of ketones is 3. The summed E-state index contributed by atoms with van der Waals surface area (Å²) in [6.07, 6.45) is 11.3. The van der Waals surface area contributed by atoms with E-state index < -0.39 is 78.6 Å². The molecule has 6 aliphatic rings. The van der Waals surface area contributed by atoms with Crippen LogP contribution in [0.5, 0.6) is 0 Å². The van der Waals surface area contributed by atoms with Gasteiger partial charge in [-0.05, 0) is 98.8 Å². The van der Waals surface area contributed by atoms with Gasteiger partial charge in [-0.3, -0.25) is 28.5 Å². The number of benzene rings is 1. The molecule has 5 aliphatic carbocycles. The lowest BCUT2D eigenvalue weighted by Crippen LogP contribution is -2.63. The maximum atomic E-state index is 14.8. The molecular weight excluding hydrogens is 954 g/mol. The number of allylic oxidation sites excluding steroid dienone is 4. The van der Waals surface area contributed by atoms with Crippen molar-refractivity contribution in [3.8, 4) is 11.8 Å². The summed E-state index contributed by atoms with van der Waals surface area (Å²) < 4.78 is 38.1. The van der Waals surface area contributed by atoms with Crippen LogP contribution in [0.1, 0.15) is 142 Å². The first kappa shape index (κ1) is 56.2. The van der Waals surface area contributed by atoms with E-state index in [4.69, 9.17) is 24.5 Å². The Morgan fingerprint density at radius 3 is 2.53 bits per heavy atom. The Kier molecular flexibility index (Phi) is 18.5. The third-order valence-electron chi connectivity index (χ3n) is 17.0. The molecule has 6 N–H and O–H groups in total. The van der Waals surface area contributed by atoms with Crippen LogP contribution in [-0.2, 0) is 60.3 Å². The van der Waals surface area contributed by atoms with Gasteiger partial charge in [-0.15, -0.1) is 5.92 Å². The van der Waals surface area contributed by atoms with Gasteiger partial charge in [0.15, 0.2) is 29.2 Å². The Morgan fingerprint density at radius 1 is 1.05 bits per heavy atom. The summed E-state index contributed by atoms with van der Waals surface area (Å²) in [6.45, 7) is 9.90. The SMILES string of the molecule is CCCC1O[C@@H]2C[C@H]3[C@@H]4CCC5=CC(=O)C=C[C@]5(C)[C@H]4[C@@H](O)C[C@]3(C)[C@]2(C(=O)CCP(=O)(O)OCc2ccc(CC(=O)[C@H](CCCNC(N)=O)NC(=O)[C@@H](CC(=O)OCC3C#CCCCCC3)C(C)C)cc2)O1. The van der Waals surface area contributed by atoms with Crippen molar-refractivity contribution in [2.45, 2.75) is 174 Å². The number of carbonyl (C=O) groups is 6. The van der Waals surface area contributed by atoms with Crippen molar-refractivity contribution in [2.75, 3.05) is 19.3 Å². The second kappa shape index (κ2) is 24.0. The van der Waals surface area contributed by atoms with Crippen LogP contribution in [0.3, 0.4) is 0 Å². The first-order valence-electron chi connectivity index (χ1n) is 26.7. The number of esters is 1. The molecule has 1 aliphatic heterocycles. The highest BCUT2D eigenvalue weighted by atomic mass is 31.2. The van der Waals surface area contributed by atoms with Crippen molar-refractivity contribution in [1.82, 2.24) is 10.6 Å². The maximum Gasteiger partial charge on any atom is 0.328 e. The second-order valence-corrected chi connectivity index (χ2v) is 24.2. The smallest absolute Gasteiger partial charge is 0.328 e. The number of urea groups is 1. The monoisotopic (exact) mass is 1030 g/mol. The quantitative estimate of drug-likeness (QED) is 0.0312. The zero-order chi connectivity index (χ0) is 52.7. The summed E-state index contributed by atoms with van der Waals surface area (Å²) in [6, 6.07) is 5.09. The standard InChI is InChI=1S/C56H78N3O13P/c1-6-13-50-71-48-31-43-41-22-21-39-29-40(60)23-25-54(39,4)51(41)46(62)32-55(43,5)56(48,72-50)47(63)24-27-73(67,68)70-34-38-19-17-36(18-20-38)28-45(61)44(16-12-26-58-53(57)66)59-52(65)42(35(2)3)30-49(64)69-33-37-14-10-8-7-9-11-15-37/h17-20,23,25,29,35,37,41-44,46,48,50-51,62H,6-10,12-14,16,21-22,24,26-28,30-34H2,1-5H3,(H,59,65)(H,67,68)(H3,57,58,66)/t37?,41-,42-,43-,44-,46-,48+,50?,51+,54-,55-,56+/m0/s1. The molecule has 1 heterocycles. The van der Waals surface area contributed by atoms with Crippen LogP contribution >= 0.6 is 7.60 Å². The van der Waals surface area contributed by atoms with Crippen molar-refractivity contribution in [3.63, 3.8) is 0 Å². The van der Waals surface area contributed by atoms with Crippen LogP contribution in [-0.4, -0.2) is 94.7 Å². The molecule has 73 heavy (non-hydrogen) atoms. The molecule has 0 radical (unpaired) electrons. The number of hydrogen-bond donors (Lipinski definition) is 5. The summed E-state index contributed by atoms with van der Waals surface area (Å²) in [5.41, 5.74) is 4.70. The van der Waals surface area contributed by atoms with Crippen molar-refractivity contribution in [2.24, 2.45) is 52.1 Å². The van der Waals surface area contributed by atoms with E-state index in [2.05, 4.69) is 29.4 Å². The number of aliphatic hydroxyl groups excluding tert-OH is 1. The topological polar surface area (TPSA) is 247 Å². The molecule has 1 saturated heterocycles. The van der Waals surface area contributed by atoms with E-state index in [9.17, 15) is 43.3 Å². The largest absolute Gasteiger partial charge is 0.464 e. The fourth-order valence-electron chi connectivity index (χ4n) is 13.1. The number of primary amides is 1. The number of amides is 3. The van der Waals surface area contributed by atoms with E-state index in [0.29, 0.717) is 36.8 Å². The average Bonchev–Trinajstić information content (AvgIpc) is 3.81. The van der Waals surface area contributed by atoms with Gasteiger partial charge >= 0.3 is 19.6 Å². The van der Waals surface area contributed by atoms with Crippen molar-refractivity contribution < 1.29 is 62.1 Å². The Bertz CT molecular complexity index is 2390. The number of rotatable bonds is 23. The molecule has 0 bridgehead atoms. The minimum absolute atomic E-state index is 0.0323. The van der Waals surface area contributed by atoms with Gasteiger partial charge in [0.2, 0.25) is 5.91 Å². The molecule has 1 aromatic rings. The highest BCUT2D eigenvalue weighted by Crippen LogP contribution is 2.70. The molecule has 3 unspecified atom stereocenters. The number of nitrogens with two attached hydrogens (primary N) is 1. The second-order valence-electron chi connectivity index (χ2n) is 22.3. The molecule has 400 valence electrons. The Balaban J connectivity index is 0.951. The molecular formula is C56H78N3O13P. The van der Waals surface area contributed by atoms with Crippen LogP contribution in [0.15, 0.2) is 48.1 Å². The summed E-state index contributed by atoms with van der Waals surface area (Å²) >= 11 is 0. The maximum absolute atomic E-state index is 14.8. The van der Waals surface area contributed by atoms with E-state index in [-0.39, 0.29) is 98.8 Å². The van der Waals surface area contributed by atoms with Crippen molar-refractivity contribution in [3.05, 3.63) is 59.2 Å². The lowest BCUT2D eigenvalue weighted by atomic mass is 9.46. The molecule has 7 rings (SSSR count). The number of ether oxygens (including phenoxy) is 3. The molecule has 16 nitrogen and oxygen atoms in total. The summed E-state index contributed by atoms with van der Waals surface area (Å²) in [7, 11) is -4.33. The van der Waals surface area contributed by atoms with Crippen molar-refractivity contribution >= 4 is 42.9 Å². The fraction of sp³-hybridized carbons (Fsp3) is 0.679. The minimum atomic E-state index is -4.33. The number of nitrogens with one attached hydrogen (secondary N) is 2. The minimum Gasteiger partial charge on any atom is -0.464 e. The molecule has 0 spiro atoms. The van der Waals surface area contributed by atoms with E-state index in [1.165, 1.54) is 0 Å². The highest BCUT2D eigenvalue weighted by Gasteiger charge is 2.75. The first-order valence-corrected chi connectivity index (χ1v) is 28.5. The zero-order valence-corrected chi connectivity index (χ0v) is 44.3. The lowest BCUT2D eigenvalue weighted by molar-refractivity contribution is -0.199. The molecule has 13 atom stereocenters. The molecule has 0 aromatic heterocycles. The van der Waals surface area contributed by atoms with E-state index >= 15 is 0 Å². The highest BCUT2D eigenvalue weighted by molar-refractivity contribution is 7.52. The number of carbonyl (C=O) groups excluding carboxylic acids is 6. The predicted molar refractivity (Wildman–Crippen MR) is 272 cm³/mol. The zero-order valence-electron chi connectivity index (χ0n) is 43.4. The van der Waals surface area contributed by atoms with Crippen LogP contribution in [0.25, 0.3) is 0 Å². The Labute approximate surface area is 430 Å². The summed E-state index contributed by atoms with van der Waals surface area (Å²) in [4.78, 5) is 90.2. The Hall–Kier alpha value is -4.49. The van der Waals surface area contributed by atoms with E-state index in [1.807, 2.05) is 33.8 Å². The lowest BCUT2D eigenvalue weighted by Gasteiger charge is -2.59. The number of fused-ring (bicyclic) bond motifs is 7. The molecule has 17 heteroatoms. The van der Waals surface area contributed by atoms with Gasteiger partial charge in [-0.25, -0.2) is 4.79 Å². The Morgan fingerprint density at radius 2 is 1.81 bits per heavy atom. The molecule has 4 fully saturated rings. The third kappa shape index (κ3) is 12.8. The molecule has 3 amide bonds. The van der Waals surface area contributed by atoms with Gasteiger partial charge in [-0.2, -0.15) is 0 Å². The predicted octanol–water partition coefficient (Wildman–Crippen LogP) is 7.35. The van der Waals surface area contributed by atoms with Gasteiger partial charge < -0.3 is 45.1 Å². The van der Waals surface area contributed by atoms with Crippen molar-refractivity contribution in [1.29, 1.82) is 0 Å². The molecule has 1 aromatic carbocycles. The van der Waals surface area contributed by atoms with Gasteiger partial charge in [0, 0.05) is 42.6 Å². The van der Waals surface area contributed by atoms with Gasteiger partial charge in [-0.1, -0.05) is 95.7 Å². The molecule has 3 saturated carbocycles. The number of aliphatic hydroxyl groups is 1. The average molecular weight is 1030 g/mol. The van der Waals surface area contributed by atoms with Gasteiger partial charge in [0.25, 0.3) is 0 Å². The normalized spacial score (nSPS) is 31.9. The number of hydrogen-bond acceptors (Lipinski definition) is 12. The van der Waals surface area contributed by atoms with E-state index in [0.717, 1.165) is 50.5 Å². The van der Waals surface area contributed by atoms with Crippen LogP contribution in [0.2, 0.25) is 0 Å². The fourth-order valence-corrected chi connectivity index (χ4v) is 14.1. The van der Waals surface area contributed by atoms with Crippen LogP contribution in [0.4, 0.5) is 4.79 Å². The van der Waals surface area contributed by atoms with Gasteiger partial charge in [0.05, 0.1) is 49.3 Å². The third-order valence-corrected chi connectivity index (χ3v) is 18.3. The van der Waals surface area contributed by atoms with E-state index in [1.54, 1.807) is 36.4 Å². The summed E-state index contributed by atoms with van der Waals surface area (Å²) in [5.74, 6) is 3.50.